The highest BCUT2D eigenvalue weighted by molar-refractivity contribution is 6.33. The fourth-order valence-electron chi connectivity index (χ4n) is 6.56. The number of pyridine rings is 1. The minimum atomic E-state index is 0.537. The standard InChI is InChI=1S/C30H32ClN5.C2H6/c1-17-3-13-24-22(12-14-23(17)24)15-27-34-26-16-25(31)28(36-30(26)35-27)20-8-4-18(5-9-20)19-6-10-21(11-7-19)29(32)33-2;1-2/h4-11,16-17,22-24H,3,12-15H2,1-2H3,(H2,32,33)(H,34,35,36);1-2H3/t17?,22?,23-,24-;/m1./s1. The fourth-order valence-corrected chi connectivity index (χ4v) is 6.82. The largest absolute Gasteiger partial charge is 0.384 e. The molecule has 38 heavy (non-hydrogen) atoms. The van der Waals surface area contributed by atoms with Crippen molar-refractivity contribution in [2.45, 2.75) is 52.9 Å². The van der Waals surface area contributed by atoms with Gasteiger partial charge in [0.25, 0.3) is 0 Å². The first kappa shape index (κ1) is 26.4. The summed E-state index contributed by atoms with van der Waals surface area (Å²) in [6.07, 6.45) is 6.49. The van der Waals surface area contributed by atoms with Crippen molar-refractivity contribution < 1.29 is 0 Å². The summed E-state index contributed by atoms with van der Waals surface area (Å²) in [5.41, 5.74) is 12.5. The Morgan fingerprint density at radius 2 is 1.55 bits per heavy atom. The van der Waals surface area contributed by atoms with E-state index in [0.717, 1.165) is 75.0 Å². The van der Waals surface area contributed by atoms with Gasteiger partial charge in [-0.3, -0.25) is 4.99 Å². The van der Waals surface area contributed by atoms with Crippen molar-refractivity contribution in [3.63, 3.8) is 0 Å². The van der Waals surface area contributed by atoms with Crippen LogP contribution in [0.5, 0.6) is 0 Å². The van der Waals surface area contributed by atoms with Gasteiger partial charge in [0.05, 0.1) is 16.2 Å². The lowest BCUT2D eigenvalue weighted by atomic mass is 9.88. The first-order valence-corrected chi connectivity index (χ1v) is 14.4. The Kier molecular flexibility index (Phi) is 7.85. The van der Waals surface area contributed by atoms with E-state index in [1.54, 1.807) is 7.05 Å². The molecule has 6 rings (SSSR count). The van der Waals surface area contributed by atoms with Crippen molar-refractivity contribution in [3.8, 4) is 22.4 Å². The minimum absolute atomic E-state index is 0.537. The zero-order valence-electron chi connectivity index (χ0n) is 22.8. The first-order valence-electron chi connectivity index (χ1n) is 14.0. The van der Waals surface area contributed by atoms with Gasteiger partial charge in [-0.1, -0.05) is 87.3 Å². The van der Waals surface area contributed by atoms with E-state index in [-0.39, 0.29) is 0 Å². The quantitative estimate of drug-likeness (QED) is 0.204. The minimum Gasteiger partial charge on any atom is -0.384 e. The van der Waals surface area contributed by atoms with Gasteiger partial charge in [-0.05, 0) is 60.1 Å². The summed E-state index contributed by atoms with van der Waals surface area (Å²) in [5, 5.41) is 0.634. The van der Waals surface area contributed by atoms with Gasteiger partial charge in [-0.15, -0.1) is 0 Å². The van der Waals surface area contributed by atoms with Crippen molar-refractivity contribution in [2.24, 2.45) is 34.4 Å². The Labute approximate surface area is 231 Å². The van der Waals surface area contributed by atoms with E-state index in [1.165, 1.54) is 25.7 Å². The van der Waals surface area contributed by atoms with E-state index in [0.29, 0.717) is 10.9 Å². The summed E-state index contributed by atoms with van der Waals surface area (Å²) >= 11 is 6.69. The number of halogens is 1. The van der Waals surface area contributed by atoms with Crippen LogP contribution in [-0.4, -0.2) is 27.8 Å². The Bertz CT molecular complexity index is 1420. The van der Waals surface area contributed by atoms with E-state index in [4.69, 9.17) is 27.3 Å². The number of hydrogen-bond donors (Lipinski definition) is 2. The molecule has 0 amide bonds. The summed E-state index contributed by atoms with van der Waals surface area (Å²) in [6.45, 7) is 6.43. The number of aromatic nitrogens is 3. The smallest absolute Gasteiger partial charge is 0.178 e. The molecule has 0 bridgehead atoms. The van der Waals surface area contributed by atoms with Crippen molar-refractivity contribution in [3.05, 3.63) is 71.0 Å². The number of hydrogen-bond acceptors (Lipinski definition) is 3. The van der Waals surface area contributed by atoms with Crippen LogP contribution in [0, 0.1) is 23.7 Å². The number of nitrogens with one attached hydrogen (secondary N) is 1. The molecular formula is C32H38ClN5. The van der Waals surface area contributed by atoms with Crippen LogP contribution < -0.4 is 5.73 Å². The molecule has 2 aliphatic rings. The normalized spacial score (nSPS) is 22.8. The Hall–Kier alpha value is -3.18. The number of H-pyrrole nitrogens is 1. The molecule has 3 N–H and O–H groups in total. The van der Waals surface area contributed by atoms with Crippen molar-refractivity contribution in [2.75, 3.05) is 7.05 Å². The van der Waals surface area contributed by atoms with Gasteiger partial charge >= 0.3 is 0 Å². The number of rotatable bonds is 5. The molecule has 2 saturated carbocycles. The lowest BCUT2D eigenvalue weighted by Gasteiger charge is -2.18. The van der Waals surface area contributed by atoms with Gasteiger partial charge in [-0.25, -0.2) is 9.97 Å². The molecule has 198 valence electrons. The summed E-state index contributed by atoms with van der Waals surface area (Å²) < 4.78 is 0. The summed E-state index contributed by atoms with van der Waals surface area (Å²) in [7, 11) is 1.70. The number of aromatic amines is 1. The highest BCUT2D eigenvalue weighted by Gasteiger charge is 2.42. The third-order valence-electron chi connectivity index (χ3n) is 8.56. The van der Waals surface area contributed by atoms with Gasteiger partial charge in [0.2, 0.25) is 0 Å². The summed E-state index contributed by atoms with van der Waals surface area (Å²) in [4.78, 5) is 17.3. The second kappa shape index (κ2) is 11.3. The van der Waals surface area contributed by atoms with Crippen LogP contribution >= 0.6 is 11.6 Å². The molecule has 2 fully saturated rings. The third kappa shape index (κ3) is 5.09. The SMILES string of the molecule is CC.CN=C(N)c1ccc(-c2ccc(-c3nc4nc(CC5CC[C@@H]6C(C)CC[C@H]56)[nH]c4cc3Cl)cc2)cc1. The Balaban J connectivity index is 0.00000144. The summed E-state index contributed by atoms with van der Waals surface area (Å²) in [6, 6.07) is 18.4. The first-order chi connectivity index (χ1) is 18.5. The van der Waals surface area contributed by atoms with Gasteiger partial charge < -0.3 is 10.7 Å². The van der Waals surface area contributed by atoms with Gasteiger partial charge in [-0.2, -0.15) is 0 Å². The topological polar surface area (TPSA) is 79.9 Å². The predicted molar refractivity (Wildman–Crippen MR) is 160 cm³/mol. The number of amidine groups is 1. The second-order valence-electron chi connectivity index (χ2n) is 10.6. The van der Waals surface area contributed by atoms with Crippen LogP contribution in [0.25, 0.3) is 33.5 Å². The maximum Gasteiger partial charge on any atom is 0.178 e. The van der Waals surface area contributed by atoms with E-state index in [9.17, 15) is 0 Å². The van der Waals surface area contributed by atoms with Crippen LogP contribution in [0.3, 0.4) is 0 Å². The average Bonchev–Trinajstić information content (AvgIpc) is 3.65. The van der Waals surface area contributed by atoms with Crippen LogP contribution in [0.1, 0.15) is 57.8 Å². The molecule has 0 radical (unpaired) electrons. The molecule has 2 unspecified atom stereocenters. The van der Waals surface area contributed by atoms with Gasteiger partial charge in [0.1, 0.15) is 11.7 Å². The maximum absolute atomic E-state index is 6.69. The van der Waals surface area contributed by atoms with Crippen LogP contribution in [0.15, 0.2) is 59.6 Å². The number of nitrogens with zero attached hydrogens (tertiary/aromatic N) is 3. The molecule has 5 nitrogen and oxygen atoms in total. The fraction of sp³-hybridized carbons (Fsp3) is 0.406. The highest BCUT2D eigenvalue weighted by Crippen LogP contribution is 2.51. The van der Waals surface area contributed by atoms with Gasteiger partial charge in [0.15, 0.2) is 5.65 Å². The number of benzene rings is 2. The van der Waals surface area contributed by atoms with Crippen molar-refractivity contribution in [1.82, 2.24) is 15.0 Å². The number of aliphatic imine (C=N–C) groups is 1. The lowest BCUT2D eigenvalue weighted by Crippen LogP contribution is -2.14. The molecule has 0 saturated heterocycles. The average molecular weight is 528 g/mol. The second-order valence-corrected chi connectivity index (χ2v) is 11.0. The maximum atomic E-state index is 6.69. The number of fused-ring (bicyclic) bond motifs is 2. The van der Waals surface area contributed by atoms with E-state index in [2.05, 4.69) is 53.3 Å². The van der Waals surface area contributed by atoms with Crippen LogP contribution in [-0.2, 0) is 6.42 Å². The number of nitrogens with two attached hydrogens (primary N) is 1. The molecular weight excluding hydrogens is 490 g/mol. The zero-order chi connectivity index (χ0) is 26.8. The zero-order valence-corrected chi connectivity index (χ0v) is 23.6. The van der Waals surface area contributed by atoms with E-state index >= 15 is 0 Å². The molecule has 4 atom stereocenters. The predicted octanol–water partition coefficient (Wildman–Crippen LogP) is 7.92. The van der Waals surface area contributed by atoms with E-state index < -0.39 is 0 Å². The third-order valence-corrected chi connectivity index (χ3v) is 8.85. The van der Waals surface area contributed by atoms with Crippen LogP contribution in [0.4, 0.5) is 0 Å². The number of imidazole rings is 1. The molecule has 2 aliphatic carbocycles. The Morgan fingerprint density at radius 3 is 2.24 bits per heavy atom. The molecule has 0 aliphatic heterocycles. The van der Waals surface area contributed by atoms with Gasteiger partial charge in [0, 0.05) is 24.6 Å². The molecule has 4 aromatic rings. The molecule has 6 heteroatoms. The van der Waals surface area contributed by atoms with Crippen molar-refractivity contribution in [1.29, 1.82) is 0 Å². The lowest BCUT2D eigenvalue weighted by molar-refractivity contribution is 0.321. The van der Waals surface area contributed by atoms with Crippen molar-refractivity contribution >= 4 is 28.6 Å². The summed E-state index contributed by atoms with van der Waals surface area (Å²) in [5.74, 6) is 5.00. The molecule has 2 aromatic carbocycles. The van der Waals surface area contributed by atoms with Crippen LogP contribution in [0.2, 0.25) is 5.02 Å². The molecule has 0 spiro atoms. The molecule has 2 aromatic heterocycles. The molecule has 2 heterocycles. The van der Waals surface area contributed by atoms with E-state index in [1.807, 2.05) is 32.0 Å². The Morgan fingerprint density at radius 1 is 0.921 bits per heavy atom. The highest BCUT2D eigenvalue weighted by atomic mass is 35.5. The monoisotopic (exact) mass is 527 g/mol.